The van der Waals surface area contributed by atoms with E-state index in [4.69, 9.17) is 9.47 Å². The maximum atomic E-state index is 5.98. The van der Waals surface area contributed by atoms with Crippen LogP contribution in [-0.2, 0) is 0 Å². The first-order chi connectivity index (χ1) is 11.4. The highest BCUT2D eigenvalue weighted by Gasteiger charge is 2.03. The molecule has 0 bridgehead atoms. The van der Waals surface area contributed by atoms with Gasteiger partial charge in [0.1, 0.15) is 23.9 Å². The van der Waals surface area contributed by atoms with Crippen LogP contribution in [-0.4, -0.2) is 6.61 Å². The molecule has 0 radical (unpaired) electrons. The monoisotopic (exact) mass is 302 g/mol. The van der Waals surface area contributed by atoms with E-state index in [1.54, 1.807) is 0 Å². The predicted octanol–water partition coefficient (Wildman–Crippen LogP) is 5.19. The third kappa shape index (κ3) is 4.75. The molecule has 0 amide bonds. The molecule has 23 heavy (non-hydrogen) atoms. The highest BCUT2D eigenvalue weighted by Crippen LogP contribution is 2.17. The van der Waals surface area contributed by atoms with Crippen LogP contribution in [0.25, 0.3) is 6.08 Å². The smallest absolute Gasteiger partial charge is 0.146 e. The first kappa shape index (κ1) is 14.9. The molecule has 0 saturated heterocycles. The van der Waals surface area contributed by atoms with Gasteiger partial charge in [-0.15, -0.1) is 0 Å². The van der Waals surface area contributed by atoms with Gasteiger partial charge in [-0.05, 0) is 35.9 Å². The maximum Gasteiger partial charge on any atom is 0.146 e. The van der Waals surface area contributed by atoms with Gasteiger partial charge in [-0.2, -0.15) is 0 Å². The summed E-state index contributed by atoms with van der Waals surface area (Å²) in [6, 6.07) is 29.6. The van der Waals surface area contributed by atoms with Crippen LogP contribution in [0.3, 0.4) is 0 Å². The Morgan fingerprint density at radius 3 is 1.78 bits per heavy atom. The minimum Gasteiger partial charge on any atom is -0.486 e. The van der Waals surface area contributed by atoms with Crippen molar-refractivity contribution in [2.24, 2.45) is 0 Å². The first-order valence-electron chi connectivity index (χ1n) is 7.56. The minimum atomic E-state index is 0.369. The molecule has 0 spiro atoms. The fourth-order valence-electron chi connectivity index (χ4n) is 2.15. The molecule has 0 aliphatic rings. The van der Waals surface area contributed by atoms with Crippen molar-refractivity contribution >= 4 is 6.08 Å². The number of ether oxygens (including phenoxy) is 2. The molecule has 0 unspecified atom stereocenters. The topological polar surface area (TPSA) is 18.5 Å². The number of benzene rings is 3. The lowest BCUT2D eigenvalue weighted by Crippen LogP contribution is -2.07. The molecule has 0 atom stereocenters. The molecule has 3 aromatic carbocycles. The van der Waals surface area contributed by atoms with Crippen molar-refractivity contribution in [3.05, 3.63) is 102 Å². The Labute approximate surface area is 136 Å². The summed E-state index contributed by atoms with van der Waals surface area (Å²) in [4.78, 5) is 0. The lowest BCUT2D eigenvalue weighted by molar-refractivity contribution is 0.283. The maximum absolute atomic E-state index is 5.98. The Bertz CT molecular complexity index is 735. The van der Waals surface area contributed by atoms with Crippen molar-refractivity contribution < 1.29 is 9.47 Å². The van der Waals surface area contributed by atoms with E-state index < -0.39 is 0 Å². The second-order valence-corrected chi connectivity index (χ2v) is 5.04. The molecular weight excluding hydrogens is 284 g/mol. The van der Waals surface area contributed by atoms with E-state index in [1.807, 2.05) is 97.1 Å². The molecule has 0 aliphatic carbocycles. The number of para-hydroxylation sites is 2. The van der Waals surface area contributed by atoms with Crippen LogP contribution in [0, 0.1) is 0 Å². The number of hydrogen-bond donors (Lipinski definition) is 0. The summed E-state index contributed by atoms with van der Waals surface area (Å²) in [6.07, 6.45) is 2.00. The van der Waals surface area contributed by atoms with E-state index in [-0.39, 0.29) is 0 Å². The van der Waals surface area contributed by atoms with Crippen molar-refractivity contribution in [3.63, 3.8) is 0 Å². The third-order valence-corrected chi connectivity index (χ3v) is 3.24. The largest absolute Gasteiger partial charge is 0.486 e. The Balaban J connectivity index is 1.77. The van der Waals surface area contributed by atoms with Gasteiger partial charge < -0.3 is 9.47 Å². The third-order valence-electron chi connectivity index (χ3n) is 3.24. The van der Waals surface area contributed by atoms with Crippen molar-refractivity contribution in [2.75, 3.05) is 6.61 Å². The van der Waals surface area contributed by atoms with Gasteiger partial charge in [-0.25, -0.2) is 0 Å². The van der Waals surface area contributed by atoms with Gasteiger partial charge in [0, 0.05) is 0 Å². The van der Waals surface area contributed by atoms with Gasteiger partial charge in [0.2, 0.25) is 0 Å². The van der Waals surface area contributed by atoms with Crippen molar-refractivity contribution in [3.8, 4) is 11.5 Å². The highest BCUT2D eigenvalue weighted by molar-refractivity contribution is 5.52. The molecule has 0 aromatic heterocycles. The summed E-state index contributed by atoms with van der Waals surface area (Å²) in [5, 5.41) is 0. The lowest BCUT2D eigenvalue weighted by Gasteiger charge is -2.12. The van der Waals surface area contributed by atoms with Crippen LogP contribution < -0.4 is 9.47 Å². The summed E-state index contributed by atoms with van der Waals surface area (Å²) < 4.78 is 11.8. The normalized spacial score (nSPS) is 11.0. The van der Waals surface area contributed by atoms with E-state index in [2.05, 4.69) is 0 Å². The van der Waals surface area contributed by atoms with Crippen LogP contribution in [0.5, 0.6) is 11.5 Å². The van der Waals surface area contributed by atoms with Gasteiger partial charge in [-0.1, -0.05) is 66.7 Å². The minimum absolute atomic E-state index is 0.369. The zero-order valence-corrected chi connectivity index (χ0v) is 12.8. The average molecular weight is 302 g/mol. The molecule has 2 heteroatoms. The van der Waals surface area contributed by atoms with Gasteiger partial charge in [0.15, 0.2) is 0 Å². The first-order valence-corrected chi connectivity index (χ1v) is 7.56. The fraction of sp³-hybridized carbons (Fsp3) is 0.0476. The second-order valence-electron chi connectivity index (χ2n) is 5.04. The van der Waals surface area contributed by atoms with Gasteiger partial charge in [0.25, 0.3) is 0 Å². The number of hydrogen-bond acceptors (Lipinski definition) is 2. The van der Waals surface area contributed by atoms with Crippen LogP contribution in [0.2, 0.25) is 0 Å². The SMILES string of the molecule is C(=C(\COc1ccccc1)Oc1ccccc1)/c1ccccc1. The Morgan fingerprint density at radius 2 is 1.17 bits per heavy atom. The van der Waals surface area contributed by atoms with E-state index >= 15 is 0 Å². The molecule has 0 heterocycles. The van der Waals surface area contributed by atoms with Gasteiger partial charge in [-0.3, -0.25) is 0 Å². The zero-order valence-electron chi connectivity index (χ0n) is 12.8. The van der Waals surface area contributed by atoms with E-state index in [0.29, 0.717) is 6.61 Å². The van der Waals surface area contributed by atoms with Crippen LogP contribution in [0.15, 0.2) is 96.8 Å². The van der Waals surface area contributed by atoms with Crippen LogP contribution >= 0.6 is 0 Å². The van der Waals surface area contributed by atoms with Gasteiger partial charge in [0.05, 0.1) is 0 Å². The molecule has 114 valence electrons. The van der Waals surface area contributed by atoms with E-state index in [9.17, 15) is 0 Å². The predicted molar refractivity (Wildman–Crippen MR) is 93.4 cm³/mol. The zero-order chi connectivity index (χ0) is 15.7. The Morgan fingerprint density at radius 1 is 0.652 bits per heavy atom. The molecular formula is C21H18O2. The Hall–Kier alpha value is -3.00. The quantitative estimate of drug-likeness (QED) is 0.584. The molecule has 3 aromatic rings. The van der Waals surface area contributed by atoms with E-state index in [0.717, 1.165) is 22.8 Å². The molecule has 3 rings (SSSR count). The van der Waals surface area contributed by atoms with Crippen molar-refractivity contribution in [1.29, 1.82) is 0 Å². The molecule has 0 N–H and O–H groups in total. The van der Waals surface area contributed by atoms with Crippen molar-refractivity contribution in [1.82, 2.24) is 0 Å². The summed E-state index contributed by atoms with van der Waals surface area (Å²) in [7, 11) is 0. The second kappa shape index (κ2) is 7.85. The molecule has 0 saturated carbocycles. The van der Waals surface area contributed by atoms with E-state index in [1.165, 1.54) is 0 Å². The van der Waals surface area contributed by atoms with Gasteiger partial charge >= 0.3 is 0 Å². The standard InChI is InChI=1S/C21H18O2/c1-4-10-18(11-5-1)16-21(23-20-14-8-3-9-15-20)17-22-19-12-6-2-7-13-19/h1-16H,17H2/b21-16-. The summed E-state index contributed by atoms with van der Waals surface area (Å²) in [5.41, 5.74) is 1.08. The molecule has 2 nitrogen and oxygen atoms in total. The fourth-order valence-corrected chi connectivity index (χ4v) is 2.15. The summed E-state index contributed by atoms with van der Waals surface area (Å²) >= 11 is 0. The average Bonchev–Trinajstić information content (AvgIpc) is 2.62. The summed E-state index contributed by atoms with van der Waals surface area (Å²) in [5.74, 6) is 2.38. The highest BCUT2D eigenvalue weighted by atomic mass is 16.5. The Kier molecular flexibility index (Phi) is 5.09. The number of rotatable bonds is 6. The lowest BCUT2D eigenvalue weighted by atomic mass is 10.2. The molecule has 0 fully saturated rings. The van der Waals surface area contributed by atoms with Crippen molar-refractivity contribution in [2.45, 2.75) is 0 Å². The van der Waals surface area contributed by atoms with Crippen LogP contribution in [0.4, 0.5) is 0 Å². The molecule has 0 aliphatic heterocycles. The summed E-state index contributed by atoms with van der Waals surface area (Å²) in [6.45, 7) is 0.369. The van der Waals surface area contributed by atoms with Crippen LogP contribution in [0.1, 0.15) is 5.56 Å².